The highest BCUT2D eigenvalue weighted by Gasteiger charge is 2.26. The lowest BCUT2D eigenvalue weighted by atomic mass is 10.0. The minimum absolute atomic E-state index is 0.0259. The molecule has 0 aliphatic carbocycles. The molecule has 4 rings (SSSR count). The van der Waals surface area contributed by atoms with E-state index in [0.29, 0.717) is 22.5 Å². The molecule has 1 heterocycles. The predicted octanol–water partition coefficient (Wildman–Crippen LogP) is 5.58. The van der Waals surface area contributed by atoms with Crippen LogP contribution >= 0.6 is 15.9 Å². The summed E-state index contributed by atoms with van der Waals surface area (Å²) < 4.78 is 2.47. The summed E-state index contributed by atoms with van der Waals surface area (Å²) in [5.41, 5.74) is 2.47. The van der Waals surface area contributed by atoms with Gasteiger partial charge in [0.2, 0.25) is 0 Å². The van der Waals surface area contributed by atoms with Gasteiger partial charge >= 0.3 is 5.97 Å². The first-order valence-electron chi connectivity index (χ1n) is 8.88. The number of carboxylic acid groups (broad SMARTS) is 1. The Morgan fingerprint density at radius 2 is 1.57 bits per heavy atom. The average molecular weight is 464 g/mol. The van der Waals surface area contributed by atoms with E-state index in [4.69, 9.17) is 0 Å². The molecule has 4 aromatic rings. The van der Waals surface area contributed by atoms with Gasteiger partial charge < -0.3 is 5.11 Å². The first kappa shape index (κ1) is 19.5. The maximum atomic E-state index is 12.3. The highest BCUT2D eigenvalue weighted by atomic mass is 79.9. The zero-order valence-corrected chi connectivity index (χ0v) is 17.0. The number of hydrogen-bond donors (Lipinski definition) is 1. The van der Waals surface area contributed by atoms with Crippen molar-refractivity contribution in [3.05, 3.63) is 99.0 Å². The van der Waals surface area contributed by atoms with Crippen LogP contribution in [-0.2, 0) is 0 Å². The van der Waals surface area contributed by atoms with Crippen LogP contribution in [0.1, 0.15) is 10.4 Å². The number of carboxylic acids is 1. The molecule has 3 aromatic carbocycles. The molecule has 0 unspecified atom stereocenters. The van der Waals surface area contributed by atoms with E-state index < -0.39 is 10.9 Å². The molecule has 0 amide bonds. The standard InChI is InChI=1S/C22H14BrN3O4/c23-16-8-12-17(13-9-16)25-21(15-4-2-1-3-5-15)19(22(27)28)20(24-25)14-6-10-18(11-7-14)26(29)30/h1-13H,(H,27,28). The molecule has 0 bridgehead atoms. The molecule has 1 N–H and O–H groups in total. The summed E-state index contributed by atoms with van der Waals surface area (Å²) in [7, 11) is 0. The number of benzene rings is 3. The first-order valence-corrected chi connectivity index (χ1v) is 9.67. The maximum absolute atomic E-state index is 12.3. The quantitative estimate of drug-likeness (QED) is 0.307. The Morgan fingerprint density at radius 1 is 0.933 bits per heavy atom. The van der Waals surface area contributed by atoms with Crippen LogP contribution in [0.25, 0.3) is 28.2 Å². The predicted molar refractivity (Wildman–Crippen MR) is 116 cm³/mol. The van der Waals surface area contributed by atoms with E-state index in [-0.39, 0.29) is 16.9 Å². The number of aromatic nitrogens is 2. The van der Waals surface area contributed by atoms with Crippen LogP contribution in [0.3, 0.4) is 0 Å². The van der Waals surface area contributed by atoms with Crippen LogP contribution < -0.4 is 0 Å². The normalized spacial score (nSPS) is 10.7. The van der Waals surface area contributed by atoms with Crippen molar-refractivity contribution in [2.24, 2.45) is 0 Å². The van der Waals surface area contributed by atoms with E-state index in [1.165, 1.54) is 24.3 Å². The van der Waals surface area contributed by atoms with E-state index in [9.17, 15) is 20.0 Å². The van der Waals surface area contributed by atoms with Crippen molar-refractivity contribution in [1.82, 2.24) is 9.78 Å². The molecular formula is C22H14BrN3O4. The van der Waals surface area contributed by atoms with Crippen molar-refractivity contribution in [3.8, 4) is 28.2 Å². The summed E-state index contributed by atoms with van der Waals surface area (Å²) in [5.74, 6) is -1.13. The number of nitro groups is 1. The second kappa shape index (κ2) is 7.92. The number of hydrogen-bond acceptors (Lipinski definition) is 4. The zero-order chi connectivity index (χ0) is 21.3. The Labute approximate surface area is 179 Å². The van der Waals surface area contributed by atoms with Crippen molar-refractivity contribution >= 4 is 27.6 Å². The fraction of sp³-hybridized carbons (Fsp3) is 0. The van der Waals surface area contributed by atoms with E-state index in [0.717, 1.165) is 4.47 Å². The summed E-state index contributed by atoms with van der Waals surface area (Å²) in [6, 6.07) is 22.2. The molecule has 0 aliphatic rings. The third-order valence-electron chi connectivity index (χ3n) is 4.57. The van der Waals surface area contributed by atoms with Gasteiger partial charge in [-0.1, -0.05) is 46.3 Å². The number of nitro benzene ring substituents is 1. The minimum Gasteiger partial charge on any atom is -0.478 e. The van der Waals surface area contributed by atoms with Crippen LogP contribution in [0, 0.1) is 10.1 Å². The molecule has 0 spiro atoms. The van der Waals surface area contributed by atoms with Crippen molar-refractivity contribution in [1.29, 1.82) is 0 Å². The van der Waals surface area contributed by atoms with Crippen LogP contribution in [0.15, 0.2) is 83.3 Å². The van der Waals surface area contributed by atoms with Crippen LogP contribution in [0.5, 0.6) is 0 Å². The summed E-state index contributed by atoms with van der Waals surface area (Å²) in [6.45, 7) is 0. The van der Waals surface area contributed by atoms with Crippen LogP contribution in [-0.4, -0.2) is 25.8 Å². The van der Waals surface area contributed by atoms with Gasteiger partial charge in [-0.2, -0.15) is 5.10 Å². The Hall–Kier alpha value is -3.78. The molecular weight excluding hydrogens is 450 g/mol. The summed E-state index contributed by atoms with van der Waals surface area (Å²) >= 11 is 3.40. The minimum atomic E-state index is -1.13. The Bertz CT molecular complexity index is 1230. The molecule has 7 nitrogen and oxygen atoms in total. The fourth-order valence-corrected chi connectivity index (χ4v) is 3.46. The van der Waals surface area contributed by atoms with Gasteiger partial charge in [0.05, 0.1) is 16.3 Å². The van der Waals surface area contributed by atoms with Crippen molar-refractivity contribution in [3.63, 3.8) is 0 Å². The van der Waals surface area contributed by atoms with Gasteiger partial charge in [0.15, 0.2) is 0 Å². The van der Waals surface area contributed by atoms with E-state index in [1.807, 2.05) is 54.6 Å². The van der Waals surface area contributed by atoms with Gasteiger partial charge in [0.1, 0.15) is 11.3 Å². The Kier molecular flexibility index (Phi) is 5.16. The lowest BCUT2D eigenvalue weighted by molar-refractivity contribution is -0.384. The number of non-ortho nitro benzene ring substituents is 1. The highest BCUT2D eigenvalue weighted by molar-refractivity contribution is 9.10. The molecule has 30 heavy (non-hydrogen) atoms. The van der Waals surface area contributed by atoms with E-state index in [1.54, 1.807) is 4.68 Å². The number of aromatic carboxylic acids is 1. The van der Waals surface area contributed by atoms with Crippen molar-refractivity contribution in [2.45, 2.75) is 0 Å². The van der Waals surface area contributed by atoms with Gasteiger partial charge in [-0.05, 0) is 36.4 Å². The van der Waals surface area contributed by atoms with Gasteiger partial charge in [-0.3, -0.25) is 10.1 Å². The number of halogens is 1. The lowest BCUT2D eigenvalue weighted by Gasteiger charge is -2.09. The Morgan fingerprint density at radius 3 is 2.13 bits per heavy atom. The number of nitrogens with zero attached hydrogens (tertiary/aromatic N) is 3. The van der Waals surface area contributed by atoms with Crippen LogP contribution in [0.4, 0.5) is 5.69 Å². The van der Waals surface area contributed by atoms with Gasteiger partial charge in [-0.15, -0.1) is 0 Å². The first-order chi connectivity index (χ1) is 14.5. The topological polar surface area (TPSA) is 98.3 Å². The molecule has 0 radical (unpaired) electrons. The van der Waals surface area contributed by atoms with Crippen molar-refractivity contribution < 1.29 is 14.8 Å². The second-order valence-electron chi connectivity index (χ2n) is 6.44. The Balaban J connectivity index is 2.00. The fourth-order valence-electron chi connectivity index (χ4n) is 3.20. The molecule has 0 fully saturated rings. The monoisotopic (exact) mass is 463 g/mol. The van der Waals surface area contributed by atoms with Gasteiger partial charge in [0.25, 0.3) is 5.69 Å². The summed E-state index contributed by atoms with van der Waals surface area (Å²) in [5, 5.41) is 25.6. The third kappa shape index (κ3) is 3.60. The number of carbonyl (C=O) groups is 1. The average Bonchev–Trinajstić information content (AvgIpc) is 3.16. The van der Waals surface area contributed by atoms with Gasteiger partial charge in [0, 0.05) is 27.7 Å². The molecule has 0 saturated carbocycles. The van der Waals surface area contributed by atoms with Crippen molar-refractivity contribution in [2.75, 3.05) is 0 Å². The molecule has 148 valence electrons. The second-order valence-corrected chi connectivity index (χ2v) is 7.35. The van der Waals surface area contributed by atoms with Gasteiger partial charge in [-0.25, -0.2) is 9.48 Å². The smallest absolute Gasteiger partial charge is 0.340 e. The van der Waals surface area contributed by atoms with E-state index >= 15 is 0 Å². The molecule has 0 saturated heterocycles. The zero-order valence-electron chi connectivity index (χ0n) is 15.4. The maximum Gasteiger partial charge on any atom is 0.340 e. The molecule has 1 aromatic heterocycles. The molecule has 8 heteroatoms. The largest absolute Gasteiger partial charge is 0.478 e. The summed E-state index contributed by atoms with van der Waals surface area (Å²) in [6.07, 6.45) is 0. The highest BCUT2D eigenvalue weighted by Crippen LogP contribution is 2.35. The number of rotatable bonds is 5. The molecule has 0 aliphatic heterocycles. The SMILES string of the molecule is O=C(O)c1c(-c2ccc([N+](=O)[O-])cc2)nn(-c2ccc(Br)cc2)c1-c1ccccc1. The molecule has 0 atom stereocenters. The van der Waals surface area contributed by atoms with Crippen LogP contribution in [0.2, 0.25) is 0 Å². The van der Waals surface area contributed by atoms with E-state index in [2.05, 4.69) is 21.0 Å². The lowest BCUT2D eigenvalue weighted by Crippen LogP contribution is -2.03. The third-order valence-corrected chi connectivity index (χ3v) is 5.10. The summed E-state index contributed by atoms with van der Waals surface area (Å²) in [4.78, 5) is 22.8.